The number of carbonyl (C=O) groups is 1. The van der Waals surface area contributed by atoms with Crippen LogP contribution in [0.3, 0.4) is 0 Å². The molecule has 0 heterocycles. The lowest BCUT2D eigenvalue weighted by Gasteiger charge is -2.08. The van der Waals surface area contributed by atoms with Gasteiger partial charge in [-0.15, -0.1) is 12.4 Å². The molecule has 0 rings (SSSR count). The van der Waals surface area contributed by atoms with Gasteiger partial charge in [-0.2, -0.15) is 0 Å². The number of esters is 1. The molecule has 0 saturated carbocycles. The van der Waals surface area contributed by atoms with Crippen LogP contribution >= 0.6 is 12.4 Å². The number of rotatable bonds is 11. The van der Waals surface area contributed by atoms with Crippen molar-refractivity contribution < 1.29 is 9.53 Å². The predicted octanol–water partition coefficient (Wildman–Crippen LogP) is 3.83. The summed E-state index contributed by atoms with van der Waals surface area (Å²) < 4.78 is 5.08. The van der Waals surface area contributed by atoms with E-state index >= 15 is 0 Å². The van der Waals surface area contributed by atoms with Gasteiger partial charge in [-0.05, 0) is 12.8 Å². The second-order valence-corrected chi connectivity index (χ2v) is 4.66. The molecule has 110 valence electrons. The van der Waals surface area contributed by atoms with E-state index in [1.54, 1.807) is 0 Å². The first-order valence-corrected chi connectivity index (χ1v) is 7.14. The van der Waals surface area contributed by atoms with Gasteiger partial charge < -0.3 is 10.5 Å². The molecule has 1 unspecified atom stereocenters. The molecule has 0 radical (unpaired) electrons. The molecule has 4 heteroatoms. The van der Waals surface area contributed by atoms with Crippen LogP contribution in [-0.2, 0) is 9.53 Å². The highest BCUT2D eigenvalue weighted by molar-refractivity contribution is 5.85. The van der Waals surface area contributed by atoms with Crippen molar-refractivity contribution in [3.63, 3.8) is 0 Å². The molecule has 0 aromatic heterocycles. The molecule has 0 saturated heterocycles. The Morgan fingerprint density at radius 2 is 1.50 bits per heavy atom. The van der Waals surface area contributed by atoms with Gasteiger partial charge in [0.2, 0.25) is 0 Å². The molecule has 0 aliphatic rings. The molecule has 0 bridgehead atoms. The minimum atomic E-state index is -0.441. The van der Waals surface area contributed by atoms with Crippen molar-refractivity contribution in [2.24, 2.45) is 5.73 Å². The highest BCUT2D eigenvalue weighted by atomic mass is 35.5. The lowest BCUT2D eigenvalue weighted by Crippen LogP contribution is -2.31. The van der Waals surface area contributed by atoms with E-state index in [2.05, 4.69) is 6.92 Å². The van der Waals surface area contributed by atoms with Crippen LogP contribution in [0.25, 0.3) is 0 Å². The first-order chi connectivity index (χ1) is 8.22. The van der Waals surface area contributed by atoms with Crippen LogP contribution in [0, 0.1) is 0 Å². The van der Waals surface area contributed by atoms with Crippen molar-refractivity contribution in [3.8, 4) is 0 Å². The van der Waals surface area contributed by atoms with Gasteiger partial charge in [0.05, 0.1) is 6.61 Å². The standard InChI is InChI=1S/C14H29NO2.ClH/c1-3-5-6-7-8-9-10-11-12-17-14(16)13(15)4-2;/h13H,3-12,15H2,1-2H3;1H. The Morgan fingerprint density at radius 3 is 2.00 bits per heavy atom. The molecule has 1 atom stereocenters. The lowest BCUT2D eigenvalue weighted by atomic mass is 10.1. The lowest BCUT2D eigenvalue weighted by molar-refractivity contribution is -0.145. The van der Waals surface area contributed by atoms with Gasteiger partial charge in [0.25, 0.3) is 0 Å². The van der Waals surface area contributed by atoms with E-state index < -0.39 is 6.04 Å². The molecule has 0 aliphatic heterocycles. The number of unbranched alkanes of at least 4 members (excludes halogenated alkanes) is 7. The summed E-state index contributed by atoms with van der Waals surface area (Å²) >= 11 is 0. The Hall–Kier alpha value is -0.280. The number of hydrogen-bond acceptors (Lipinski definition) is 3. The first kappa shape index (κ1) is 20.0. The Bertz CT molecular complexity index is 189. The summed E-state index contributed by atoms with van der Waals surface area (Å²) in [4.78, 5) is 11.2. The Balaban J connectivity index is 0. The molecule has 0 fully saturated rings. The molecular formula is C14H30ClNO2. The maximum Gasteiger partial charge on any atom is 0.322 e. The van der Waals surface area contributed by atoms with E-state index in [4.69, 9.17) is 10.5 Å². The number of nitrogens with two attached hydrogens (primary N) is 1. The maximum absolute atomic E-state index is 11.2. The second kappa shape index (κ2) is 14.8. The van der Waals surface area contributed by atoms with Crippen molar-refractivity contribution in [3.05, 3.63) is 0 Å². The predicted molar refractivity (Wildman–Crippen MR) is 79.1 cm³/mol. The quantitative estimate of drug-likeness (QED) is 0.462. The van der Waals surface area contributed by atoms with Gasteiger partial charge in [0.15, 0.2) is 0 Å². The normalized spacial score (nSPS) is 11.7. The Kier molecular flexibility index (Phi) is 16.5. The van der Waals surface area contributed by atoms with Crippen LogP contribution in [0.1, 0.15) is 71.6 Å². The van der Waals surface area contributed by atoms with E-state index in [9.17, 15) is 4.79 Å². The summed E-state index contributed by atoms with van der Waals surface area (Å²) in [6, 6.07) is -0.441. The topological polar surface area (TPSA) is 52.3 Å². The van der Waals surface area contributed by atoms with Crippen molar-refractivity contribution in [1.82, 2.24) is 0 Å². The van der Waals surface area contributed by atoms with Crippen LogP contribution in [0.15, 0.2) is 0 Å². The molecule has 0 aromatic carbocycles. The van der Waals surface area contributed by atoms with Crippen LogP contribution in [0.2, 0.25) is 0 Å². The average Bonchev–Trinajstić information content (AvgIpc) is 2.35. The molecule has 3 nitrogen and oxygen atoms in total. The zero-order valence-corrected chi connectivity index (χ0v) is 12.8. The Labute approximate surface area is 118 Å². The molecule has 0 spiro atoms. The van der Waals surface area contributed by atoms with Crippen LogP contribution in [0.5, 0.6) is 0 Å². The van der Waals surface area contributed by atoms with Crippen LogP contribution < -0.4 is 5.73 Å². The highest BCUT2D eigenvalue weighted by Crippen LogP contribution is 2.08. The number of carbonyl (C=O) groups excluding carboxylic acids is 1. The van der Waals surface area contributed by atoms with Crippen LogP contribution in [0.4, 0.5) is 0 Å². The molecule has 2 N–H and O–H groups in total. The Morgan fingerprint density at radius 1 is 1.00 bits per heavy atom. The molecule has 0 aliphatic carbocycles. The average molecular weight is 280 g/mol. The molecule has 0 aromatic rings. The van der Waals surface area contributed by atoms with E-state index in [1.807, 2.05) is 6.92 Å². The third kappa shape index (κ3) is 12.2. The minimum Gasteiger partial charge on any atom is -0.465 e. The summed E-state index contributed by atoms with van der Waals surface area (Å²) in [5, 5.41) is 0. The first-order valence-electron chi connectivity index (χ1n) is 7.14. The van der Waals surface area contributed by atoms with E-state index in [1.165, 1.54) is 38.5 Å². The fourth-order valence-electron chi connectivity index (χ4n) is 1.68. The van der Waals surface area contributed by atoms with Gasteiger partial charge in [0.1, 0.15) is 6.04 Å². The monoisotopic (exact) mass is 279 g/mol. The fraction of sp³-hybridized carbons (Fsp3) is 0.929. The molecule has 18 heavy (non-hydrogen) atoms. The van der Waals surface area contributed by atoms with E-state index in [0.717, 1.165) is 12.8 Å². The van der Waals surface area contributed by atoms with Gasteiger partial charge >= 0.3 is 5.97 Å². The zero-order chi connectivity index (χ0) is 12.9. The summed E-state index contributed by atoms with van der Waals surface area (Å²) in [6.45, 7) is 4.65. The largest absolute Gasteiger partial charge is 0.465 e. The van der Waals surface area contributed by atoms with Crippen molar-refractivity contribution >= 4 is 18.4 Å². The SMILES string of the molecule is CCCCCCCCCCOC(=O)C(N)CC.Cl. The van der Waals surface area contributed by atoms with E-state index in [0.29, 0.717) is 13.0 Å². The van der Waals surface area contributed by atoms with Crippen LogP contribution in [-0.4, -0.2) is 18.6 Å². The van der Waals surface area contributed by atoms with Gasteiger partial charge in [-0.25, -0.2) is 0 Å². The summed E-state index contributed by atoms with van der Waals surface area (Å²) in [7, 11) is 0. The summed E-state index contributed by atoms with van der Waals surface area (Å²) in [5.41, 5.74) is 5.55. The summed E-state index contributed by atoms with van der Waals surface area (Å²) in [6.07, 6.45) is 10.7. The minimum absolute atomic E-state index is 0. The van der Waals surface area contributed by atoms with E-state index in [-0.39, 0.29) is 18.4 Å². The number of hydrogen-bond donors (Lipinski definition) is 1. The van der Waals surface area contributed by atoms with Gasteiger partial charge in [-0.3, -0.25) is 4.79 Å². The molecule has 0 amide bonds. The second-order valence-electron chi connectivity index (χ2n) is 4.66. The van der Waals surface area contributed by atoms with Gasteiger partial charge in [-0.1, -0.05) is 58.8 Å². The highest BCUT2D eigenvalue weighted by Gasteiger charge is 2.11. The van der Waals surface area contributed by atoms with Crippen molar-refractivity contribution in [1.29, 1.82) is 0 Å². The fourth-order valence-corrected chi connectivity index (χ4v) is 1.68. The maximum atomic E-state index is 11.2. The summed E-state index contributed by atoms with van der Waals surface area (Å²) in [5.74, 6) is -0.254. The third-order valence-electron chi connectivity index (χ3n) is 2.98. The zero-order valence-electron chi connectivity index (χ0n) is 12.0. The van der Waals surface area contributed by atoms with Gasteiger partial charge in [0, 0.05) is 0 Å². The number of ether oxygens (including phenoxy) is 1. The molecular weight excluding hydrogens is 250 g/mol. The van der Waals surface area contributed by atoms with Crippen molar-refractivity contribution in [2.45, 2.75) is 77.7 Å². The number of halogens is 1. The smallest absolute Gasteiger partial charge is 0.322 e. The van der Waals surface area contributed by atoms with Crippen molar-refractivity contribution in [2.75, 3.05) is 6.61 Å². The third-order valence-corrected chi connectivity index (χ3v) is 2.98.